The van der Waals surface area contributed by atoms with Crippen LogP contribution in [0.1, 0.15) is 22.3 Å². The van der Waals surface area contributed by atoms with Crippen molar-refractivity contribution < 1.29 is 4.79 Å². The van der Waals surface area contributed by atoms with Crippen LogP contribution in [0.2, 0.25) is 5.28 Å². The molecule has 1 heterocycles. The monoisotopic (exact) mass is 327 g/mol. The fourth-order valence-corrected chi connectivity index (χ4v) is 2.72. The number of carbonyl (C=O) groups excluding carboxylic acids is 1. The lowest BCUT2D eigenvalue weighted by Gasteiger charge is -2.06. The van der Waals surface area contributed by atoms with Crippen molar-refractivity contribution in [3.8, 4) is 0 Å². The summed E-state index contributed by atoms with van der Waals surface area (Å²) < 4.78 is 1.77. The third-order valence-electron chi connectivity index (χ3n) is 3.86. The van der Waals surface area contributed by atoms with Gasteiger partial charge in [-0.05, 0) is 48.2 Å². The smallest absolute Gasteiger partial charge is 0.251 e. The highest BCUT2D eigenvalue weighted by Gasteiger charge is 2.10. The van der Waals surface area contributed by atoms with Crippen LogP contribution in [0.15, 0.2) is 48.5 Å². The van der Waals surface area contributed by atoms with Gasteiger partial charge in [0.05, 0.1) is 11.0 Å². The molecule has 0 radical (unpaired) electrons. The van der Waals surface area contributed by atoms with Crippen LogP contribution in [0.4, 0.5) is 0 Å². The lowest BCUT2D eigenvalue weighted by molar-refractivity contribution is 0.0953. The fraction of sp³-hybridized carbons (Fsp3) is 0.222. The fourth-order valence-electron chi connectivity index (χ4n) is 2.54. The van der Waals surface area contributed by atoms with Crippen molar-refractivity contribution in [3.05, 3.63) is 64.9 Å². The Balaban J connectivity index is 1.59. The Kier molecular flexibility index (Phi) is 4.63. The second kappa shape index (κ2) is 6.84. The Morgan fingerprint density at radius 1 is 1.22 bits per heavy atom. The van der Waals surface area contributed by atoms with E-state index in [-0.39, 0.29) is 5.91 Å². The molecular formula is C18H18ClN3O. The van der Waals surface area contributed by atoms with Crippen LogP contribution in [0.25, 0.3) is 11.0 Å². The van der Waals surface area contributed by atoms with Crippen molar-refractivity contribution in [2.75, 3.05) is 6.54 Å². The van der Waals surface area contributed by atoms with Gasteiger partial charge >= 0.3 is 0 Å². The first-order chi connectivity index (χ1) is 11.1. The minimum Gasteiger partial charge on any atom is -0.352 e. The zero-order chi connectivity index (χ0) is 16.2. The molecule has 0 bridgehead atoms. The zero-order valence-corrected chi connectivity index (χ0v) is 13.7. The molecule has 0 fully saturated rings. The molecule has 1 aromatic heterocycles. The summed E-state index contributed by atoms with van der Waals surface area (Å²) in [5.41, 5.74) is 3.55. The number of carbonyl (C=O) groups is 1. The molecule has 3 aromatic rings. The molecule has 0 spiro atoms. The average Bonchev–Trinajstić information content (AvgIpc) is 2.86. The number of hydrogen-bond acceptors (Lipinski definition) is 2. The number of nitrogens with zero attached hydrogens (tertiary/aromatic N) is 2. The Morgan fingerprint density at radius 3 is 2.78 bits per heavy atom. The minimum atomic E-state index is -0.0720. The predicted molar refractivity (Wildman–Crippen MR) is 92.8 cm³/mol. The van der Waals surface area contributed by atoms with Crippen molar-refractivity contribution in [1.82, 2.24) is 14.9 Å². The predicted octanol–water partition coefficient (Wildman–Crippen LogP) is 3.59. The van der Waals surface area contributed by atoms with E-state index in [2.05, 4.69) is 22.4 Å². The molecule has 0 saturated carbocycles. The van der Waals surface area contributed by atoms with Crippen LogP contribution < -0.4 is 5.32 Å². The van der Waals surface area contributed by atoms with Crippen molar-refractivity contribution >= 4 is 28.5 Å². The van der Waals surface area contributed by atoms with E-state index in [1.165, 1.54) is 5.56 Å². The summed E-state index contributed by atoms with van der Waals surface area (Å²) in [5.74, 6) is -0.0720. The summed E-state index contributed by atoms with van der Waals surface area (Å²) in [6.07, 6.45) is 1.87. The maximum absolute atomic E-state index is 12.2. The molecular weight excluding hydrogens is 310 g/mol. The number of hydrogen-bond donors (Lipinski definition) is 1. The number of aromatic nitrogens is 2. The lowest BCUT2D eigenvalue weighted by Crippen LogP contribution is -2.24. The van der Waals surface area contributed by atoms with E-state index < -0.39 is 0 Å². The van der Waals surface area contributed by atoms with Gasteiger partial charge in [-0.3, -0.25) is 4.79 Å². The summed E-state index contributed by atoms with van der Waals surface area (Å²) in [4.78, 5) is 16.5. The summed E-state index contributed by atoms with van der Waals surface area (Å²) in [6.45, 7) is 0.651. The molecule has 0 aliphatic rings. The summed E-state index contributed by atoms with van der Waals surface area (Å²) in [5, 5.41) is 3.38. The molecule has 0 unspecified atom stereocenters. The Bertz CT molecular complexity index is 827. The Labute approximate surface area is 140 Å². The average molecular weight is 328 g/mol. The van der Waals surface area contributed by atoms with Crippen LogP contribution in [-0.4, -0.2) is 22.0 Å². The zero-order valence-electron chi connectivity index (χ0n) is 12.9. The van der Waals surface area contributed by atoms with Gasteiger partial charge in [0.25, 0.3) is 5.91 Å². The molecule has 5 heteroatoms. The van der Waals surface area contributed by atoms with Gasteiger partial charge in [0, 0.05) is 19.2 Å². The first-order valence-electron chi connectivity index (χ1n) is 7.59. The van der Waals surface area contributed by atoms with Crippen LogP contribution in [0.5, 0.6) is 0 Å². The lowest BCUT2D eigenvalue weighted by atomic mass is 10.1. The van der Waals surface area contributed by atoms with E-state index in [0.717, 1.165) is 23.9 Å². The topological polar surface area (TPSA) is 46.9 Å². The van der Waals surface area contributed by atoms with E-state index in [0.29, 0.717) is 17.4 Å². The number of fused-ring (bicyclic) bond motifs is 1. The Hall–Kier alpha value is -2.33. The van der Waals surface area contributed by atoms with Gasteiger partial charge in [-0.1, -0.05) is 30.3 Å². The number of benzene rings is 2. The molecule has 0 aliphatic carbocycles. The van der Waals surface area contributed by atoms with Crippen molar-refractivity contribution in [3.63, 3.8) is 0 Å². The molecule has 23 heavy (non-hydrogen) atoms. The standard InChI is InChI=1S/C18H18ClN3O/c1-22-16-12-14(9-10-15(16)21-18(22)19)17(23)20-11-5-8-13-6-3-2-4-7-13/h2-4,6-7,9-10,12H,5,8,11H2,1H3,(H,20,23). The van der Waals surface area contributed by atoms with Crippen molar-refractivity contribution in [1.29, 1.82) is 0 Å². The SMILES string of the molecule is Cn1c(Cl)nc2ccc(C(=O)NCCCc3ccccc3)cc21. The third kappa shape index (κ3) is 3.54. The number of rotatable bonds is 5. The first-order valence-corrected chi connectivity index (χ1v) is 7.97. The molecule has 3 rings (SSSR count). The van der Waals surface area contributed by atoms with E-state index in [1.807, 2.05) is 37.4 Å². The normalized spacial score (nSPS) is 10.9. The van der Waals surface area contributed by atoms with E-state index >= 15 is 0 Å². The summed E-state index contributed by atoms with van der Waals surface area (Å²) >= 11 is 6.00. The van der Waals surface area contributed by atoms with E-state index in [9.17, 15) is 4.79 Å². The highest BCUT2D eigenvalue weighted by atomic mass is 35.5. The quantitative estimate of drug-likeness (QED) is 0.728. The maximum atomic E-state index is 12.2. The molecule has 118 valence electrons. The summed E-state index contributed by atoms with van der Waals surface area (Å²) in [7, 11) is 1.83. The van der Waals surface area contributed by atoms with Crippen LogP contribution in [0, 0.1) is 0 Å². The van der Waals surface area contributed by atoms with Crippen LogP contribution in [0.3, 0.4) is 0 Å². The number of imidazole rings is 1. The molecule has 1 N–H and O–H groups in total. The van der Waals surface area contributed by atoms with Gasteiger partial charge < -0.3 is 9.88 Å². The van der Waals surface area contributed by atoms with Crippen molar-refractivity contribution in [2.45, 2.75) is 12.8 Å². The van der Waals surface area contributed by atoms with Crippen LogP contribution in [-0.2, 0) is 13.5 Å². The number of nitrogens with one attached hydrogen (secondary N) is 1. The van der Waals surface area contributed by atoms with Gasteiger partial charge in [0.1, 0.15) is 0 Å². The number of aryl methyl sites for hydroxylation is 2. The molecule has 0 saturated heterocycles. The third-order valence-corrected chi connectivity index (χ3v) is 4.20. The van der Waals surface area contributed by atoms with E-state index in [4.69, 9.17) is 11.6 Å². The molecule has 2 aromatic carbocycles. The second-order valence-corrected chi connectivity index (χ2v) is 5.83. The van der Waals surface area contributed by atoms with E-state index in [1.54, 1.807) is 10.6 Å². The second-order valence-electron chi connectivity index (χ2n) is 5.49. The van der Waals surface area contributed by atoms with Crippen molar-refractivity contribution in [2.24, 2.45) is 7.05 Å². The van der Waals surface area contributed by atoms with Gasteiger partial charge in [-0.25, -0.2) is 4.98 Å². The van der Waals surface area contributed by atoms with Gasteiger partial charge in [0.2, 0.25) is 5.28 Å². The molecule has 0 aliphatic heterocycles. The first kappa shape index (κ1) is 15.6. The Morgan fingerprint density at radius 2 is 2.00 bits per heavy atom. The molecule has 1 amide bonds. The molecule has 0 atom stereocenters. The highest BCUT2D eigenvalue weighted by molar-refractivity contribution is 6.29. The minimum absolute atomic E-state index is 0.0720. The van der Waals surface area contributed by atoms with Crippen LogP contribution >= 0.6 is 11.6 Å². The van der Waals surface area contributed by atoms with Gasteiger partial charge in [0.15, 0.2) is 0 Å². The van der Waals surface area contributed by atoms with Gasteiger partial charge in [-0.15, -0.1) is 0 Å². The molecule has 4 nitrogen and oxygen atoms in total. The number of amides is 1. The summed E-state index contributed by atoms with van der Waals surface area (Å²) in [6, 6.07) is 15.7. The highest BCUT2D eigenvalue weighted by Crippen LogP contribution is 2.19. The number of halogens is 1. The maximum Gasteiger partial charge on any atom is 0.251 e. The largest absolute Gasteiger partial charge is 0.352 e. The van der Waals surface area contributed by atoms with Gasteiger partial charge in [-0.2, -0.15) is 0 Å².